The van der Waals surface area contributed by atoms with E-state index in [1.54, 1.807) is 36.4 Å². The number of carbonyl (C=O) groups is 2. The molecule has 21 nitrogen and oxygen atoms in total. The number of phenolic OH excluding ortho intramolecular Hbond substituents is 2. The molecule has 0 radical (unpaired) electrons. The zero-order valence-electron chi connectivity index (χ0n) is 41.0. The Morgan fingerprint density at radius 3 is 2.07 bits per heavy atom. The number of aromatic hydroxyl groups is 2. The first-order chi connectivity index (χ1) is 36.1. The lowest BCUT2D eigenvalue weighted by Gasteiger charge is -2.49. The Bertz CT molecular complexity index is 2510. The van der Waals surface area contributed by atoms with Gasteiger partial charge in [0.2, 0.25) is 0 Å². The molecule has 408 valence electrons. The van der Waals surface area contributed by atoms with Crippen molar-refractivity contribution in [3.8, 4) is 33.8 Å². The Morgan fingerprint density at radius 1 is 0.667 bits per heavy atom. The first kappa shape index (κ1) is 57.3. The summed E-state index contributed by atoms with van der Waals surface area (Å²) in [7, 11) is 0. The number of rotatable bonds is 22. The van der Waals surface area contributed by atoms with E-state index in [1.807, 2.05) is 36.4 Å². The highest BCUT2D eigenvalue weighted by atomic mass is 16.8. The molecule has 1 aliphatic carbocycles. The Balaban J connectivity index is 1.15. The quantitative estimate of drug-likeness (QED) is 0.0229. The third-order valence-electron chi connectivity index (χ3n) is 13.4. The van der Waals surface area contributed by atoms with Crippen molar-refractivity contribution in [2.75, 3.05) is 19.8 Å². The van der Waals surface area contributed by atoms with Crippen molar-refractivity contribution >= 4 is 11.9 Å². The molecule has 0 saturated carbocycles. The van der Waals surface area contributed by atoms with E-state index in [-0.39, 0.29) is 23.1 Å². The van der Waals surface area contributed by atoms with Crippen LogP contribution in [0.1, 0.15) is 66.6 Å². The zero-order valence-corrected chi connectivity index (χ0v) is 41.0. The van der Waals surface area contributed by atoms with Crippen LogP contribution in [-0.2, 0) is 44.6 Å². The van der Waals surface area contributed by atoms with Gasteiger partial charge in [0.15, 0.2) is 18.7 Å². The molecule has 3 saturated heterocycles. The van der Waals surface area contributed by atoms with E-state index < -0.39 is 148 Å². The predicted octanol–water partition coefficient (Wildman–Crippen LogP) is 1.37. The monoisotopic (exact) mass is 1050 g/mol. The van der Waals surface area contributed by atoms with Crippen LogP contribution in [0, 0.1) is 0 Å². The van der Waals surface area contributed by atoms with Gasteiger partial charge in [-0.25, -0.2) is 9.59 Å². The van der Waals surface area contributed by atoms with E-state index in [2.05, 4.69) is 6.92 Å². The first-order valence-electron chi connectivity index (χ1n) is 24.8. The largest absolute Gasteiger partial charge is 0.508 e. The smallest absolute Gasteiger partial charge is 0.338 e. The second kappa shape index (κ2) is 26.6. The molecule has 0 aromatic heterocycles. The number of hydrogen-bond acceptors (Lipinski definition) is 21. The molecular formula is C54H66O21. The maximum Gasteiger partial charge on any atom is 0.338 e. The number of hydrogen-bond donors (Lipinski definition) is 12. The molecule has 21 heteroatoms. The van der Waals surface area contributed by atoms with E-state index in [0.717, 1.165) is 66.1 Å². The predicted molar refractivity (Wildman–Crippen MR) is 263 cm³/mol. The SMILES string of the molecule is CCCCC/C=C/C=C/[C@@H](O)C/C=C/C=C/C(=O)O[C@@H]1[C@@H](O)[C@H](c2c(O)cc(O)cc2CO)O[C@H](CO)[C@H]1O[C@@H]1O[C@H](COC(=O)c2ccc3c(c2)-c2ccccc2-3)[C@H](O)[C@H](O)[C@H]1O[C@@H]1O[C@H](CO)[C@H](O)[C@H](O)[C@H]1O. The van der Waals surface area contributed by atoms with Crippen LogP contribution in [0.15, 0.2) is 103 Å². The van der Waals surface area contributed by atoms with Gasteiger partial charge in [-0.2, -0.15) is 0 Å². The highest BCUT2D eigenvalue weighted by Gasteiger charge is 2.56. The summed E-state index contributed by atoms with van der Waals surface area (Å²) in [4.78, 5) is 27.1. The van der Waals surface area contributed by atoms with E-state index in [1.165, 1.54) is 12.2 Å². The number of ether oxygens (including phenoxy) is 7. The van der Waals surface area contributed by atoms with Crippen molar-refractivity contribution in [1.29, 1.82) is 0 Å². The van der Waals surface area contributed by atoms with Crippen LogP contribution >= 0.6 is 0 Å². The van der Waals surface area contributed by atoms with Gasteiger partial charge in [-0.15, -0.1) is 0 Å². The van der Waals surface area contributed by atoms with E-state index in [9.17, 15) is 70.9 Å². The lowest BCUT2D eigenvalue weighted by Crippen LogP contribution is -2.66. The molecule has 3 aromatic carbocycles. The third-order valence-corrected chi connectivity index (χ3v) is 13.4. The van der Waals surface area contributed by atoms with Crippen molar-refractivity contribution in [2.24, 2.45) is 0 Å². The van der Waals surface area contributed by atoms with Gasteiger partial charge in [0.25, 0.3) is 0 Å². The summed E-state index contributed by atoms with van der Waals surface area (Å²) in [5.41, 5.74) is 3.40. The average Bonchev–Trinajstić information content (AvgIpc) is 3.39. The van der Waals surface area contributed by atoms with E-state index in [4.69, 9.17) is 33.2 Å². The minimum atomic E-state index is -2.11. The molecule has 3 aromatic rings. The van der Waals surface area contributed by atoms with Crippen LogP contribution in [0.5, 0.6) is 11.5 Å². The van der Waals surface area contributed by atoms with Crippen LogP contribution < -0.4 is 0 Å². The van der Waals surface area contributed by atoms with Crippen molar-refractivity contribution in [3.05, 3.63) is 120 Å². The highest BCUT2D eigenvalue weighted by molar-refractivity contribution is 6.05. The molecule has 4 aliphatic rings. The average molecular weight is 1050 g/mol. The van der Waals surface area contributed by atoms with Crippen molar-refractivity contribution in [2.45, 2.75) is 144 Å². The molecule has 0 bridgehead atoms. The van der Waals surface area contributed by atoms with Crippen molar-refractivity contribution in [1.82, 2.24) is 0 Å². The lowest BCUT2D eigenvalue weighted by molar-refractivity contribution is -0.382. The molecule has 3 heterocycles. The summed E-state index contributed by atoms with van der Waals surface area (Å²) < 4.78 is 41.4. The van der Waals surface area contributed by atoms with Crippen molar-refractivity contribution < 1.29 is 104 Å². The van der Waals surface area contributed by atoms with Gasteiger partial charge in [0.1, 0.15) is 91.4 Å². The van der Waals surface area contributed by atoms with Crippen LogP contribution in [0.3, 0.4) is 0 Å². The molecule has 75 heavy (non-hydrogen) atoms. The Labute approximate surface area is 432 Å². The number of fused-ring (bicyclic) bond motifs is 4. The molecule has 3 fully saturated rings. The maximum absolute atomic E-state index is 13.6. The van der Waals surface area contributed by atoms with Crippen LogP contribution in [0.4, 0.5) is 0 Å². The summed E-state index contributed by atoms with van der Waals surface area (Å²) in [6.45, 7) is -1.28. The standard InChI is InChI=1S/C54H66O21/c1-2-3-4-5-6-7-9-14-30(58)15-10-8-11-18-40(61)73-50-47(67)49(41-29(24-55)21-31(59)23-36(41)60)70-38(26-57)48(50)74-54-51(75-53-46(66)44(64)42(62)37(25-56)71-53)45(65)43(63)39(72-54)27-69-52(68)28-19-20-34-32-16-12-13-17-33(32)35(34)22-28/h6-14,16-23,30,37-39,42-51,53-60,62-67H,2-5,15,24-27H2,1H3/b7-6+,10-8+,14-9+,18-11+/t30-,37-,38-,39-,42+,43+,44+,45+,46-,47+,48-,49+,50-,51-,53+,54+/m1/s1. The minimum absolute atomic E-state index is 0.130. The zero-order chi connectivity index (χ0) is 53.9. The maximum atomic E-state index is 13.6. The topological polar surface area (TPSA) is 342 Å². The Morgan fingerprint density at radius 2 is 1.35 bits per heavy atom. The fraction of sp³-hybridized carbons (Fsp3) is 0.481. The summed E-state index contributed by atoms with van der Waals surface area (Å²) in [5.74, 6) is -3.09. The number of allylic oxidation sites excluding steroid dienone is 5. The number of esters is 2. The second-order valence-electron chi connectivity index (χ2n) is 18.6. The summed E-state index contributed by atoms with van der Waals surface area (Å²) >= 11 is 0. The molecule has 0 spiro atoms. The van der Waals surface area contributed by atoms with E-state index in [0.29, 0.717) is 0 Å². The molecule has 0 amide bonds. The molecule has 3 aliphatic heterocycles. The third kappa shape index (κ3) is 13.4. The van der Waals surface area contributed by atoms with E-state index >= 15 is 0 Å². The van der Waals surface area contributed by atoms with Crippen LogP contribution in [0.2, 0.25) is 0 Å². The number of carbonyl (C=O) groups excluding carboxylic acids is 2. The first-order valence-corrected chi connectivity index (χ1v) is 24.8. The van der Waals surface area contributed by atoms with Gasteiger partial charge >= 0.3 is 11.9 Å². The van der Waals surface area contributed by atoms with Crippen LogP contribution in [0.25, 0.3) is 22.3 Å². The summed E-state index contributed by atoms with van der Waals surface area (Å²) in [6.07, 6.45) is -12.3. The Hall–Kier alpha value is -5.44. The highest BCUT2D eigenvalue weighted by Crippen LogP contribution is 2.47. The Kier molecular flexibility index (Phi) is 20.3. The van der Waals surface area contributed by atoms with Gasteiger partial charge in [-0.3, -0.25) is 0 Å². The second-order valence-corrected chi connectivity index (χ2v) is 18.6. The van der Waals surface area contributed by atoms with Crippen molar-refractivity contribution in [3.63, 3.8) is 0 Å². The van der Waals surface area contributed by atoms with Gasteiger partial charge in [-0.05, 0) is 65.3 Å². The number of unbranched alkanes of at least 4 members (excludes halogenated alkanes) is 3. The molecule has 7 rings (SSSR count). The molecule has 12 N–H and O–H groups in total. The number of phenols is 2. The number of aliphatic hydroxyl groups excluding tert-OH is 10. The minimum Gasteiger partial charge on any atom is -0.508 e. The summed E-state index contributed by atoms with van der Waals surface area (Å²) in [5, 5.41) is 130. The molecule has 0 unspecified atom stereocenters. The fourth-order valence-electron chi connectivity index (χ4n) is 9.36. The van der Waals surface area contributed by atoms with Gasteiger partial charge < -0.3 is 94.4 Å². The molecular weight excluding hydrogens is 985 g/mol. The number of aliphatic hydroxyl groups is 10. The van der Waals surface area contributed by atoms with Crippen LogP contribution in [-0.4, -0.2) is 185 Å². The number of benzene rings is 3. The van der Waals surface area contributed by atoms with Gasteiger partial charge in [0.05, 0.1) is 31.5 Å². The van der Waals surface area contributed by atoms with Gasteiger partial charge in [0, 0.05) is 17.7 Å². The van der Waals surface area contributed by atoms with Gasteiger partial charge in [-0.1, -0.05) is 92.6 Å². The lowest BCUT2D eigenvalue weighted by atomic mass is 9.80. The fourth-order valence-corrected chi connectivity index (χ4v) is 9.36. The molecule has 16 atom stereocenters. The normalized spacial score (nSPS) is 31.1. The summed E-state index contributed by atoms with van der Waals surface area (Å²) in [6, 6.07) is 14.5.